The zero-order valence-corrected chi connectivity index (χ0v) is 14.0. The van der Waals surface area contributed by atoms with E-state index in [0.29, 0.717) is 5.56 Å². The number of sulfonamides is 1. The zero-order valence-electron chi connectivity index (χ0n) is 11.6. The molecule has 1 heterocycles. The Bertz CT molecular complexity index is 740. The van der Waals surface area contributed by atoms with Crippen LogP contribution >= 0.6 is 22.9 Å². The van der Waals surface area contributed by atoms with Crippen molar-refractivity contribution < 1.29 is 13.5 Å². The number of halogens is 1. The summed E-state index contributed by atoms with van der Waals surface area (Å²) in [6.07, 6.45) is 0. The number of benzene rings is 1. The maximum atomic E-state index is 12.4. The van der Waals surface area contributed by atoms with Crippen molar-refractivity contribution in [2.24, 2.45) is 0 Å². The minimum Gasteiger partial charge on any atom is -0.392 e. The highest BCUT2D eigenvalue weighted by molar-refractivity contribution is 7.89. The normalized spacial score (nSPS) is 13.3. The van der Waals surface area contributed by atoms with Gasteiger partial charge in [0.15, 0.2) is 0 Å². The summed E-state index contributed by atoms with van der Waals surface area (Å²) in [7, 11) is -3.75. The average Bonchev–Trinajstić information content (AvgIpc) is 2.85. The van der Waals surface area contributed by atoms with Crippen LogP contribution in [0.5, 0.6) is 0 Å². The minimum absolute atomic E-state index is 0.0177. The Morgan fingerprint density at radius 2 is 2.05 bits per heavy atom. The van der Waals surface area contributed by atoms with Crippen LogP contribution < -0.4 is 4.72 Å². The van der Waals surface area contributed by atoms with Crippen molar-refractivity contribution in [2.75, 3.05) is 0 Å². The van der Waals surface area contributed by atoms with Crippen LogP contribution in [0, 0.1) is 6.92 Å². The standard InChI is InChI=1S/C14H16ClNO3S2/c1-9-3-6-13(20-9)10(2)16-21(18,19)14-7-11(8-17)4-5-12(14)15/h3-7,10,16-17H,8H2,1-2H3. The molecule has 0 bridgehead atoms. The van der Waals surface area contributed by atoms with Gasteiger partial charge in [0.2, 0.25) is 10.0 Å². The maximum Gasteiger partial charge on any atom is 0.242 e. The molecule has 2 N–H and O–H groups in total. The van der Waals surface area contributed by atoms with Gasteiger partial charge < -0.3 is 5.11 Å². The Hall–Kier alpha value is -0.920. The van der Waals surface area contributed by atoms with Gasteiger partial charge in [0.1, 0.15) is 4.90 Å². The van der Waals surface area contributed by atoms with Crippen molar-refractivity contribution in [1.82, 2.24) is 4.72 Å². The summed E-state index contributed by atoms with van der Waals surface area (Å²) >= 11 is 7.52. The average molecular weight is 346 g/mol. The molecule has 0 spiro atoms. The lowest BCUT2D eigenvalue weighted by Crippen LogP contribution is -2.26. The molecule has 2 rings (SSSR count). The van der Waals surface area contributed by atoms with Crippen LogP contribution in [-0.4, -0.2) is 13.5 Å². The lowest BCUT2D eigenvalue weighted by atomic mass is 10.2. The highest BCUT2D eigenvalue weighted by Gasteiger charge is 2.22. The van der Waals surface area contributed by atoms with E-state index in [-0.39, 0.29) is 22.6 Å². The van der Waals surface area contributed by atoms with E-state index >= 15 is 0 Å². The fourth-order valence-corrected chi connectivity index (χ4v) is 4.62. The molecule has 4 nitrogen and oxygen atoms in total. The molecule has 1 aromatic carbocycles. The highest BCUT2D eigenvalue weighted by atomic mass is 35.5. The van der Waals surface area contributed by atoms with Gasteiger partial charge in [-0.15, -0.1) is 11.3 Å². The van der Waals surface area contributed by atoms with Gasteiger partial charge in [-0.05, 0) is 43.7 Å². The van der Waals surface area contributed by atoms with Crippen LogP contribution in [0.2, 0.25) is 5.02 Å². The SMILES string of the molecule is Cc1ccc(C(C)NS(=O)(=O)c2cc(CO)ccc2Cl)s1. The molecule has 2 aromatic rings. The molecule has 0 fully saturated rings. The third-order valence-electron chi connectivity index (χ3n) is 2.99. The molecule has 0 aliphatic heterocycles. The number of aliphatic hydroxyl groups is 1. The predicted molar refractivity (Wildman–Crippen MR) is 85.2 cm³/mol. The number of aliphatic hydroxyl groups excluding tert-OH is 1. The summed E-state index contributed by atoms with van der Waals surface area (Å²) in [6.45, 7) is 3.52. The molecule has 1 atom stereocenters. The van der Waals surface area contributed by atoms with Crippen molar-refractivity contribution in [1.29, 1.82) is 0 Å². The topological polar surface area (TPSA) is 66.4 Å². The first-order valence-electron chi connectivity index (χ1n) is 6.31. The van der Waals surface area contributed by atoms with Crippen molar-refractivity contribution >= 4 is 33.0 Å². The van der Waals surface area contributed by atoms with E-state index in [0.717, 1.165) is 9.75 Å². The van der Waals surface area contributed by atoms with Crippen LogP contribution in [0.4, 0.5) is 0 Å². The Labute approximate surface area is 133 Å². The molecule has 21 heavy (non-hydrogen) atoms. The zero-order chi connectivity index (χ0) is 15.6. The molecule has 0 radical (unpaired) electrons. The molecule has 0 aliphatic rings. The molecule has 0 amide bonds. The van der Waals surface area contributed by atoms with Crippen molar-refractivity contribution in [3.8, 4) is 0 Å². The number of hydrogen-bond donors (Lipinski definition) is 2. The second-order valence-electron chi connectivity index (χ2n) is 4.71. The second kappa shape index (κ2) is 6.46. The quantitative estimate of drug-likeness (QED) is 0.874. The maximum absolute atomic E-state index is 12.4. The van der Waals surface area contributed by atoms with E-state index in [1.54, 1.807) is 24.3 Å². The number of aryl methyl sites for hydroxylation is 1. The predicted octanol–water partition coefficient (Wildman–Crippen LogP) is 3.24. The Balaban J connectivity index is 2.30. The van der Waals surface area contributed by atoms with Gasteiger partial charge in [-0.2, -0.15) is 0 Å². The molecule has 0 saturated heterocycles. The van der Waals surface area contributed by atoms with Crippen LogP contribution in [0.3, 0.4) is 0 Å². The van der Waals surface area contributed by atoms with E-state index in [9.17, 15) is 8.42 Å². The van der Waals surface area contributed by atoms with Gasteiger partial charge in [-0.3, -0.25) is 0 Å². The smallest absolute Gasteiger partial charge is 0.242 e. The van der Waals surface area contributed by atoms with E-state index in [1.165, 1.54) is 12.1 Å². The first-order valence-corrected chi connectivity index (χ1v) is 8.99. The monoisotopic (exact) mass is 345 g/mol. The number of thiophene rings is 1. The Morgan fingerprint density at radius 3 is 2.62 bits per heavy atom. The molecule has 7 heteroatoms. The molecule has 0 aliphatic carbocycles. The van der Waals surface area contributed by atoms with E-state index in [2.05, 4.69) is 4.72 Å². The molecule has 1 unspecified atom stereocenters. The Kier molecular flexibility index (Phi) is 5.06. The van der Waals surface area contributed by atoms with Crippen LogP contribution in [-0.2, 0) is 16.6 Å². The summed E-state index contributed by atoms with van der Waals surface area (Å²) in [4.78, 5) is 2.04. The first kappa shape index (κ1) is 16.5. The van der Waals surface area contributed by atoms with Gasteiger partial charge in [0.05, 0.1) is 17.7 Å². The van der Waals surface area contributed by atoms with E-state index in [4.69, 9.17) is 16.7 Å². The lowest BCUT2D eigenvalue weighted by molar-refractivity contribution is 0.281. The minimum atomic E-state index is -3.75. The molecular formula is C14H16ClNO3S2. The summed E-state index contributed by atoms with van der Waals surface area (Å²) < 4.78 is 27.5. The lowest BCUT2D eigenvalue weighted by Gasteiger charge is -2.14. The van der Waals surface area contributed by atoms with Gasteiger partial charge in [-0.1, -0.05) is 17.7 Å². The molecule has 114 valence electrons. The number of nitrogens with one attached hydrogen (secondary N) is 1. The third kappa shape index (κ3) is 3.84. The Morgan fingerprint density at radius 1 is 1.33 bits per heavy atom. The molecule has 0 saturated carbocycles. The summed E-state index contributed by atoms with van der Waals surface area (Å²) in [5.41, 5.74) is 0.499. The summed E-state index contributed by atoms with van der Waals surface area (Å²) in [5.74, 6) is 0. The number of rotatable bonds is 5. The third-order valence-corrected chi connectivity index (χ3v) is 6.19. The fraction of sp³-hybridized carbons (Fsp3) is 0.286. The second-order valence-corrected chi connectivity index (χ2v) is 8.12. The van der Waals surface area contributed by atoms with E-state index in [1.807, 2.05) is 19.1 Å². The first-order chi connectivity index (χ1) is 9.83. The highest BCUT2D eigenvalue weighted by Crippen LogP contribution is 2.27. The number of hydrogen-bond acceptors (Lipinski definition) is 4. The van der Waals surface area contributed by atoms with Crippen LogP contribution in [0.1, 0.15) is 28.3 Å². The summed E-state index contributed by atoms with van der Waals surface area (Å²) in [6, 6.07) is 7.96. The van der Waals surface area contributed by atoms with Gasteiger partial charge in [0.25, 0.3) is 0 Å². The molecule has 1 aromatic heterocycles. The molecular weight excluding hydrogens is 330 g/mol. The summed E-state index contributed by atoms with van der Waals surface area (Å²) in [5, 5.41) is 9.26. The largest absolute Gasteiger partial charge is 0.392 e. The van der Waals surface area contributed by atoms with Gasteiger partial charge in [-0.25, -0.2) is 13.1 Å². The van der Waals surface area contributed by atoms with E-state index < -0.39 is 10.0 Å². The van der Waals surface area contributed by atoms with Gasteiger partial charge >= 0.3 is 0 Å². The fourth-order valence-electron chi connectivity index (χ4n) is 1.89. The van der Waals surface area contributed by atoms with Crippen molar-refractivity contribution in [3.05, 3.63) is 50.7 Å². The van der Waals surface area contributed by atoms with Crippen LogP contribution in [0.25, 0.3) is 0 Å². The van der Waals surface area contributed by atoms with Gasteiger partial charge in [0, 0.05) is 9.75 Å². The van der Waals surface area contributed by atoms with Crippen molar-refractivity contribution in [2.45, 2.75) is 31.4 Å². The van der Waals surface area contributed by atoms with Crippen LogP contribution in [0.15, 0.2) is 35.2 Å². The van der Waals surface area contributed by atoms with Crippen molar-refractivity contribution in [3.63, 3.8) is 0 Å².